The second-order valence-corrected chi connectivity index (χ2v) is 7.88. The summed E-state index contributed by atoms with van der Waals surface area (Å²) in [7, 11) is 0. The van der Waals surface area contributed by atoms with E-state index in [4.69, 9.17) is 0 Å². The molecule has 0 radical (unpaired) electrons. The van der Waals surface area contributed by atoms with Crippen LogP contribution in [0.15, 0.2) is 38.5 Å². The van der Waals surface area contributed by atoms with Crippen LogP contribution in [-0.4, -0.2) is 20.9 Å². The van der Waals surface area contributed by atoms with Gasteiger partial charge in [0.1, 0.15) is 0 Å². The third-order valence-corrected chi connectivity index (χ3v) is 6.07. The van der Waals surface area contributed by atoms with Gasteiger partial charge in [-0.05, 0) is 69.5 Å². The van der Waals surface area contributed by atoms with Crippen molar-refractivity contribution < 1.29 is 4.92 Å². The van der Waals surface area contributed by atoms with Gasteiger partial charge in [-0.25, -0.2) is 4.68 Å². The monoisotopic (exact) mass is 456 g/mol. The molecule has 1 heterocycles. The zero-order valence-corrected chi connectivity index (χ0v) is 18.4. The van der Waals surface area contributed by atoms with Gasteiger partial charge in [-0.3, -0.25) is 25.0 Å². The van der Waals surface area contributed by atoms with Gasteiger partial charge >= 0.3 is 0 Å². The van der Waals surface area contributed by atoms with Crippen LogP contribution in [-0.2, 0) is 0 Å². The van der Waals surface area contributed by atoms with Crippen LogP contribution in [0.5, 0.6) is 0 Å². The van der Waals surface area contributed by atoms with Crippen LogP contribution in [0.25, 0.3) is 5.69 Å². The molecule has 1 aromatic heterocycles. The van der Waals surface area contributed by atoms with E-state index in [1.807, 2.05) is 26.0 Å². The molecule has 29 heavy (non-hydrogen) atoms. The second-order valence-electron chi connectivity index (χ2n) is 7.03. The molecule has 0 aliphatic rings. The quantitative estimate of drug-likeness (QED) is 0.335. The molecular weight excluding hydrogens is 436 g/mol. The Bertz CT molecular complexity index is 1220. The first-order valence-electron chi connectivity index (χ1n) is 8.99. The van der Waals surface area contributed by atoms with Gasteiger partial charge in [0.2, 0.25) is 0 Å². The number of benzene rings is 2. The van der Waals surface area contributed by atoms with Crippen LogP contribution in [0.1, 0.15) is 33.5 Å². The first-order chi connectivity index (χ1) is 13.6. The molecule has 0 amide bonds. The van der Waals surface area contributed by atoms with Crippen molar-refractivity contribution in [1.29, 1.82) is 0 Å². The summed E-state index contributed by atoms with van der Waals surface area (Å²) in [6.07, 6.45) is 1.46. The molecular formula is C21H21BrN4O3. The third kappa shape index (κ3) is 3.80. The number of aromatic nitrogens is 2. The molecule has 0 atom stereocenters. The van der Waals surface area contributed by atoms with Crippen LogP contribution < -0.4 is 5.56 Å². The smallest absolute Gasteiger partial charge is 0.280 e. The average molecular weight is 457 g/mol. The van der Waals surface area contributed by atoms with Crippen LogP contribution in [0.2, 0.25) is 0 Å². The van der Waals surface area contributed by atoms with E-state index in [-0.39, 0.29) is 11.2 Å². The summed E-state index contributed by atoms with van der Waals surface area (Å²) < 4.78 is 2.47. The molecule has 0 fully saturated rings. The number of nitrogens with zero attached hydrogens (tertiary/aromatic N) is 3. The number of hydrogen-bond donors (Lipinski definition) is 1. The van der Waals surface area contributed by atoms with Crippen molar-refractivity contribution in [3.63, 3.8) is 0 Å². The Morgan fingerprint density at radius 3 is 2.45 bits per heavy atom. The molecule has 0 spiro atoms. The van der Waals surface area contributed by atoms with Crippen LogP contribution in [0.4, 0.5) is 11.4 Å². The van der Waals surface area contributed by atoms with E-state index in [1.54, 1.807) is 26.8 Å². The SMILES string of the molecule is Cc1cc(N=Cc2c(C)[nH]n(-c3ccc(Br)c(C)c3C)c2=O)cc([N+](=O)[O-])c1C. The minimum absolute atomic E-state index is 0.0151. The lowest BCUT2D eigenvalue weighted by molar-refractivity contribution is -0.385. The Kier molecular flexibility index (Phi) is 5.57. The molecule has 2 aromatic carbocycles. The first-order valence-corrected chi connectivity index (χ1v) is 9.78. The van der Waals surface area contributed by atoms with Crippen molar-refractivity contribution in [1.82, 2.24) is 9.78 Å². The summed E-state index contributed by atoms with van der Waals surface area (Å²) in [6, 6.07) is 6.96. The Balaban J connectivity index is 2.06. The summed E-state index contributed by atoms with van der Waals surface area (Å²) >= 11 is 3.50. The lowest BCUT2D eigenvalue weighted by Gasteiger charge is -2.10. The van der Waals surface area contributed by atoms with E-state index in [0.29, 0.717) is 22.5 Å². The molecule has 3 aromatic rings. The number of aromatic amines is 1. The highest BCUT2D eigenvalue weighted by molar-refractivity contribution is 9.10. The Hall–Kier alpha value is -3.00. The molecule has 0 aliphatic heterocycles. The number of nitro benzene ring substituents is 1. The van der Waals surface area contributed by atoms with Gasteiger partial charge in [-0.15, -0.1) is 0 Å². The molecule has 7 nitrogen and oxygen atoms in total. The fourth-order valence-electron chi connectivity index (χ4n) is 3.12. The Labute approximate surface area is 176 Å². The van der Waals surface area contributed by atoms with Gasteiger partial charge in [-0.1, -0.05) is 15.9 Å². The van der Waals surface area contributed by atoms with E-state index < -0.39 is 4.92 Å². The molecule has 0 bridgehead atoms. The molecule has 1 N–H and O–H groups in total. The standard InChI is InChI=1S/C21H21BrN4O3/c1-11-8-16(9-20(12(11)2)26(28)29)23-10-17-15(5)24-25(21(17)27)19-7-6-18(22)13(3)14(19)4/h6-10,24H,1-5H3. The van der Waals surface area contributed by atoms with Crippen LogP contribution >= 0.6 is 15.9 Å². The fraction of sp³-hybridized carbons (Fsp3) is 0.238. The predicted molar refractivity (Wildman–Crippen MR) is 118 cm³/mol. The maximum absolute atomic E-state index is 13.0. The lowest BCUT2D eigenvalue weighted by Crippen LogP contribution is -2.18. The zero-order valence-electron chi connectivity index (χ0n) is 16.8. The third-order valence-electron chi connectivity index (χ3n) is 5.21. The van der Waals surface area contributed by atoms with Crippen molar-refractivity contribution in [2.75, 3.05) is 0 Å². The van der Waals surface area contributed by atoms with E-state index in [9.17, 15) is 14.9 Å². The molecule has 0 unspecified atom stereocenters. The van der Waals surface area contributed by atoms with E-state index >= 15 is 0 Å². The summed E-state index contributed by atoms with van der Waals surface area (Å²) in [6.45, 7) is 9.24. The van der Waals surface area contributed by atoms with Gasteiger partial charge in [0.15, 0.2) is 0 Å². The van der Waals surface area contributed by atoms with Gasteiger partial charge in [-0.2, -0.15) is 0 Å². The average Bonchev–Trinajstić information content (AvgIpc) is 2.94. The van der Waals surface area contributed by atoms with Gasteiger partial charge < -0.3 is 0 Å². The number of nitrogens with one attached hydrogen (secondary N) is 1. The molecule has 0 saturated carbocycles. The minimum Gasteiger partial charge on any atom is -0.295 e. The predicted octanol–water partition coefficient (Wildman–Crippen LogP) is 5.13. The van der Waals surface area contributed by atoms with Gasteiger partial charge in [0.05, 0.1) is 21.9 Å². The highest BCUT2D eigenvalue weighted by atomic mass is 79.9. The summed E-state index contributed by atoms with van der Waals surface area (Å²) in [4.78, 5) is 28.1. The van der Waals surface area contributed by atoms with Crippen molar-refractivity contribution in [3.05, 3.63) is 82.7 Å². The maximum atomic E-state index is 13.0. The molecule has 0 saturated heterocycles. The van der Waals surface area contributed by atoms with Crippen molar-refractivity contribution in [2.45, 2.75) is 34.6 Å². The number of hydrogen-bond acceptors (Lipinski definition) is 4. The number of rotatable bonds is 4. The number of H-pyrrole nitrogens is 1. The zero-order chi connectivity index (χ0) is 21.5. The molecule has 8 heteroatoms. The second kappa shape index (κ2) is 7.79. The highest BCUT2D eigenvalue weighted by Gasteiger charge is 2.16. The number of nitro groups is 1. The molecule has 0 aliphatic carbocycles. The first kappa shape index (κ1) is 20.7. The van der Waals surface area contributed by atoms with Crippen LogP contribution in [0.3, 0.4) is 0 Å². The number of halogens is 1. The summed E-state index contributed by atoms with van der Waals surface area (Å²) in [5.41, 5.74) is 5.47. The minimum atomic E-state index is -0.422. The van der Waals surface area contributed by atoms with E-state index in [0.717, 1.165) is 26.9 Å². The topological polar surface area (TPSA) is 93.3 Å². The normalized spacial score (nSPS) is 11.4. The molecule has 3 rings (SSSR count). The van der Waals surface area contributed by atoms with E-state index in [1.165, 1.54) is 17.0 Å². The molecule has 150 valence electrons. The largest absolute Gasteiger partial charge is 0.295 e. The summed E-state index contributed by atoms with van der Waals surface area (Å²) in [5.74, 6) is 0. The fourth-order valence-corrected chi connectivity index (χ4v) is 3.55. The number of aliphatic imine (C=N–C) groups is 1. The highest BCUT2D eigenvalue weighted by Crippen LogP contribution is 2.28. The Morgan fingerprint density at radius 1 is 1.10 bits per heavy atom. The van der Waals surface area contributed by atoms with Crippen molar-refractivity contribution >= 4 is 33.5 Å². The Morgan fingerprint density at radius 2 is 1.79 bits per heavy atom. The lowest BCUT2D eigenvalue weighted by atomic mass is 10.1. The maximum Gasteiger partial charge on any atom is 0.280 e. The van der Waals surface area contributed by atoms with Crippen LogP contribution in [0, 0.1) is 44.7 Å². The van der Waals surface area contributed by atoms with Crippen molar-refractivity contribution in [3.8, 4) is 5.69 Å². The van der Waals surface area contributed by atoms with Gasteiger partial charge in [0.25, 0.3) is 11.2 Å². The number of aryl methyl sites for hydroxylation is 2. The van der Waals surface area contributed by atoms with Gasteiger partial charge in [0, 0.05) is 28.0 Å². The van der Waals surface area contributed by atoms with Crippen molar-refractivity contribution in [2.24, 2.45) is 4.99 Å². The van der Waals surface area contributed by atoms with E-state index in [2.05, 4.69) is 26.0 Å². The summed E-state index contributed by atoms with van der Waals surface area (Å²) in [5, 5.41) is 14.3.